The number of hydrogen-bond donors (Lipinski definition) is 5. The van der Waals surface area contributed by atoms with Crippen molar-refractivity contribution < 1.29 is 9.29 Å². The molecule has 5 nitrogen and oxygen atoms in total. The second kappa shape index (κ2) is 9.43. The van der Waals surface area contributed by atoms with Gasteiger partial charge in [0, 0.05) is 6.54 Å². The van der Waals surface area contributed by atoms with Crippen LogP contribution in [0, 0.1) is 5.82 Å². The van der Waals surface area contributed by atoms with Gasteiger partial charge in [0.25, 0.3) is 0 Å². The molecule has 0 unspecified atom stereocenters. The van der Waals surface area contributed by atoms with Gasteiger partial charge >= 0.3 is 0 Å². The Bertz CT molecular complexity index is 464. The maximum absolute atomic E-state index is 12.8. The molecule has 0 aliphatic carbocycles. The summed E-state index contributed by atoms with van der Waals surface area (Å²) < 4.78 is 12.8. The van der Waals surface area contributed by atoms with Gasteiger partial charge in [-0.3, -0.25) is 10.9 Å². The first kappa shape index (κ1) is 17.5. The van der Waals surface area contributed by atoms with Gasteiger partial charge in [0.1, 0.15) is 5.82 Å². The largest absolute Gasteiger partial charge is 0.357 e. The summed E-state index contributed by atoms with van der Waals surface area (Å²) in [4.78, 5) is 1.34. The van der Waals surface area contributed by atoms with E-state index in [1.807, 2.05) is 0 Å². The fourth-order valence-electron chi connectivity index (χ4n) is 1.41. The molecular weight excluding hydrogens is 309 g/mol. The third-order valence-electron chi connectivity index (χ3n) is 2.57. The summed E-state index contributed by atoms with van der Waals surface area (Å²) in [5.74, 6) is -0.253. The van der Waals surface area contributed by atoms with Gasteiger partial charge in [0.05, 0.1) is 27.2 Å². The van der Waals surface area contributed by atoms with Gasteiger partial charge in [-0.05, 0) is 42.1 Å². The Kier molecular flexibility index (Phi) is 7.88. The molecule has 0 fully saturated rings. The third-order valence-corrected chi connectivity index (χ3v) is 3.06. The van der Waals surface area contributed by atoms with Crippen LogP contribution in [-0.4, -0.2) is 37.4 Å². The SMILES string of the molecule is C[NH+](C)CCNC(=S)NNC(=S)NCc1ccc(F)cc1. The molecule has 0 saturated heterocycles. The number of hydrazine groups is 1. The number of halogens is 1. The summed E-state index contributed by atoms with van der Waals surface area (Å²) in [6.07, 6.45) is 0. The highest BCUT2D eigenvalue weighted by Crippen LogP contribution is 2.01. The number of nitrogens with one attached hydrogen (secondary N) is 5. The second-order valence-corrected chi connectivity index (χ2v) is 5.59. The number of benzene rings is 1. The predicted octanol–water partition coefficient (Wildman–Crippen LogP) is -0.687. The van der Waals surface area contributed by atoms with Crippen molar-refractivity contribution in [2.24, 2.45) is 0 Å². The maximum atomic E-state index is 12.8. The minimum atomic E-state index is -0.253. The number of likely N-dealkylation sites (N-methyl/N-ethyl adjacent to an activating group) is 1. The molecule has 0 heterocycles. The van der Waals surface area contributed by atoms with Gasteiger partial charge in [-0.15, -0.1) is 0 Å². The van der Waals surface area contributed by atoms with Crippen molar-refractivity contribution in [3.05, 3.63) is 35.6 Å². The van der Waals surface area contributed by atoms with Crippen LogP contribution in [-0.2, 0) is 6.54 Å². The fourth-order valence-corrected chi connectivity index (χ4v) is 1.69. The van der Waals surface area contributed by atoms with E-state index in [0.717, 1.165) is 18.7 Å². The first-order valence-corrected chi connectivity index (χ1v) is 7.40. The van der Waals surface area contributed by atoms with E-state index in [1.165, 1.54) is 17.0 Å². The van der Waals surface area contributed by atoms with Gasteiger partial charge in [-0.2, -0.15) is 0 Å². The smallest absolute Gasteiger partial charge is 0.185 e. The zero-order valence-electron chi connectivity index (χ0n) is 12.1. The monoisotopic (exact) mass is 330 g/mol. The Morgan fingerprint density at radius 2 is 1.62 bits per heavy atom. The zero-order chi connectivity index (χ0) is 15.7. The Labute approximate surface area is 135 Å². The van der Waals surface area contributed by atoms with E-state index >= 15 is 0 Å². The average Bonchev–Trinajstić information content (AvgIpc) is 2.44. The lowest BCUT2D eigenvalue weighted by Gasteiger charge is -2.14. The van der Waals surface area contributed by atoms with Gasteiger partial charge in [0.15, 0.2) is 10.2 Å². The summed E-state index contributed by atoms with van der Waals surface area (Å²) in [7, 11) is 4.15. The van der Waals surface area contributed by atoms with Crippen LogP contribution in [0.4, 0.5) is 4.39 Å². The normalized spacial score (nSPS) is 10.1. The highest BCUT2D eigenvalue weighted by atomic mass is 32.1. The minimum Gasteiger partial charge on any atom is -0.357 e. The van der Waals surface area contributed by atoms with E-state index in [2.05, 4.69) is 35.6 Å². The topological polar surface area (TPSA) is 52.6 Å². The van der Waals surface area contributed by atoms with Gasteiger partial charge < -0.3 is 15.5 Å². The van der Waals surface area contributed by atoms with Crippen LogP contribution in [0.15, 0.2) is 24.3 Å². The molecule has 0 amide bonds. The van der Waals surface area contributed by atoms with Gasteiger partial charge in [0.2, 0.25) is 0 Å². The van der Waals surface area contributed by atoms with Crippen LogP contribution < -0.4 is 26.4 Å². The first-order chi connectivity index (χ1) is 9.97. The molecule has 0 aliphatic rings. The molecule has 0 spiro atoms. The summed E-state index contributed by atoms with van der Waals surface area (Å²) in [5, 5.41) is 6.96. The number of quaternary nitrogens is 1. The Balaban J connectivity index is 2.16. The molecule has 0 bridgehead atoms. The lowest BCUT2D eigenvalue weighted by Crippen LogP contribution is -3.06. The fraction of sp³-hybridized carbons (Fsp3) is 0.385. The molecule has 1 aromatic rings. The van der Waals surface area contributed by atoms with Gasteiger partial charge in [-0.25, -0.2) is 4.39 Å². The van der Waals surface area contributed by atoms with E-state index in [4.69, 9.17) is 24.4 Å². The van der Waals surface area contributed by atoms with Crippen molar-refractivity contribution in [1.29, 1.82) is 0 Å². The zero-order valence-corrected chi connectivity index (χ0v) is 13.8. The molecule has 0 saturated carbocycles. The van der Waals surface area contributed by atoms with Crippen LogP contribution in [0.3, 0.4) is 0 Å². The predicted molar refractivity (Wildman–Crippen MR) is 90.4 cm³/mol. The first-order valence-electron chi connectivity index (χ1n) is 6.58. The van der Waals surface area contributed by atoms with E-state index in [0.29, 0.717) is 16.8 Å². The minimum absolute atomic E-state index is 0.253. The highest BCUT2D eigenvalue weighted by Gasteiger charge is 1.99. The van der Waals surface area contributed by atoms with Crippen LogP contribution in [0.1, 0.15) is 5.56 Å². The van der Waals surface area contributed by atoms with E-state index in [-0.39, 0.29) is 5.82 Å². The van der Waals surface area contributed by atoms with Crippen LogP contribution in [0.2, 0.25) is 0 Å². The molecule has 1 aromatic carbocycles. The van der Waals surface area contributed by atoms with Crippen molar-refractivity contribution in [3.8, 4) is 0 Å². The molecule has 0 atom stereocenters. The Morgan fingerprint density at radius 1 is 1.05 bits per heavy atom. The average molecular weight is 330 g/mol. The molecule has 21 heavy (non-hydrogen) atoms. The molecule has 116 valence electrons. The van der Waals surface area contributed by atoms with Crippen LogP contribution in [0.5, 0.6) is 0 Å². The molecule has 0 radical (unpaired) electrons. The molecular formula is C13H21FN5S2+. The van der Waals surface area contributed by atoms with Crippen molar-refractivity contribution >= 4 is 34.7 Å². The molecule has 0 aromatic heterocycles. The summed E-state index contributed by atoms with van der Waals surface area (Å²) >= 11 is 10.2. The standard InChI is InChI=1S/C13H20FN5S2/c1-19(2)8-7-15-12(20)17-18-13(21)16-9-10-3-5-11(14)6-4-10/h3-6H,7-9H2,1-2H3,(H2,15,17,20)(H2,16,18,21)/p+1. The lowest BCUT2D eigenvalue weighted by molar-refractivity contribution is -0.856. The quantitative estimate of drug-likeness (QED) is 0.364. The van der Waals surface area contributed by atoms with E-state index in [9.17, 15) is 4.39 Å². The van der Waals surface area contributed by atoms with Crippen molar-refractivity contribution in [2.45, 2.75) is 6.54 Å². The Morgan fingerprint density at radius 3 is 2.19 bits per heavy atom. The molecule has 8 heteroatoms. The number of hydrogen-bond acceptors (Lipinski definition) is 2. The number of thiocarbonyl (C=S) groups is 2. The summed E-state index contributed by atoms with van der Waals surface area (Å²) in [6.45, 7) is 2.26. The second-order valence-electron chi connectivity index (χ2n) is 4.77. The molecule has 1 rings (SSSR count). The van der Waals surface area contributed by atoms with Gasteiger partial charge in [-0.1, -0.05) is 12.1 Å². The highest BCUT2D eigenvalue weighted by molar-refractivity contribution is 7.80. The van der Waals surface area contributed by atoms with Crippen molar-refractivity contribution in [2.75, 3.05) is 27.2 Å². The maximum Gasteiger partial charge on any atom is 0.185 e. The van der Waals surface area contributed by atoms with Crippen molar-refractivity contribution in [3.63, 3.8) is 0 Å². The molecule has 0 aliphatic heterocycles. The van der Waals surface area contributed by atoms with Crippen molar-refractivity contribution in [1.82, 2.24) is 21.5 Å². The lowest BCUT2D eigenvalue weighted by atomic mass is 10.2. The van der Waals surface area contributed by atoms with Crippen LogP contribution >= 0.6 is 24.4 Å². The Hall–Kier alpha value is -1.51. The van der Waals surface area contributed by atoms with E-state index < -0.39 is 0 Å². The summed E-state index contributed by atoms with van der Waals surface area (Å²) in [6, 6.07) is 6.23. The summed E-state index contributed by atoms with van der Waals surface area (Å²) in [5.41, 5.74) is 6.53. The van der Waals surface area contributed by atoms with Crippen LogP contribution in [0.25, 0.3) is 0 Å². The third kappa shape index (κ3) is 8.38. The number of rotatable bonds is 5. The van der Waals surface area contributed by atoms with E-state index in [1.54, 1.807) is 12.1 Å². The molecule has 5 N–H and O–H groups in total.